The molecular formula is C23H28Cl4O2. The lowest BCUT2D eigenvalue weighted by Gasteiger charge is -2.28. The molecule has 0 bridgehead atoms. The number of benzene rings is 2. The second-order valence-corrected chi connectivity index (χ2v) is 9.20. The molecule has 0 fully saturated rings. The van der Waals surface area contributed by atoms with E-state index >= 15 is 0 Å². The smallest absolute Gasteiger partial charge is 0.156 e. The minimum absolute atomic E-state index is 0.426. The molecule has 0 aliphatic carbocycles. The van der Waals surface area contributed by atoms with E-state index in [1.54, 1.807) is 0 Å². The average molecular weight is 478 g/mol. The van der Waals surface area contributed by atoms with Crippen LogP contribution in [0.25, 0.3) is 0 Å². The molecule has 0 atom stereocenters. The van der Waals surface area contributed by atoms with Gasteiger partial charge >= 0.3 is 0 Å². The van der Waals surface area contributed by atoms with Gasteiger partial charge in [-0.25, -0.2) is 0 Å². The Morgan fingerprint density at radius 2 is 0.966 bits per heavy atom. The molecule has 29 heavy (non-hydrogen) atoms. The van der Waals surface area contributed by atoms with E-state index in [0.29, 0.717) is 44.8 Å². The third-order valence-corrected chi connectivity index (χ3v) is 6.05. The molecule has 0 spiro atoms. The summed E-state index contributed by atoms with van der Waals surface area (Å²) in [6.45, 7) is 9.54. The highest BCUT2D eigenvalue weighted by Gasteiger charge is 2.27. The van der Waals surface area contributed by atoms with Gasteiger partial charge < -0.3 is 9.47 Å². The van der Waals surface area contributed by atoms with Gasteiger partial charge in [-0.15, -0.1) is 0 Å². The van der Waals surface area contributed by atoms with Gasteiger partial charge in [0, 0.05) is 5.41 Å². The molecule has 0 aliphatic heterocycles. The summed E-state index contributed by atoms with van der Waals surface area (Å²) in [6.07, 6.45) is 3.98. The van der Waals surface area contributed by atoms with E-state index in [0.717, 1.165) is 36.8 Å². The second kappa shape index (κ2) is 11.0. The maximum Gasteiger partial charge on any atom is 0.156 e. The van der Waals surface area contributed by atoms with Crippen molar-refractivity contribution in [1.29, 1.82) is 0 Å². The molecule has 0 heterocycles. The van der Waals surface area contributed by atoms with Gasteiger partial charge in [0.15, 0.2) is 11.5 Å². The van der Waals surface area contributed by atoms with Crippen LogP contribution in [0, 0.1) is 0 Å². The zero-order chi connectivity index (χ0) is 21.6. The van der Waals surface area contributed by atoms with Crippen molar-refractivity contribution < 1.29 is 9.47 Å². The number of rotatable bonds is 10. The highest BCUT2D eigenvalue weighted by molar-refractivity contribution is 6.38. The lowest BCUT2D eigenvalue weighted by molar-refractivity contribution is 0.309. The van der Waals surface area contributed by atoms with Crippen LogP contribution in [0.5, 0.6) is 11.5 Å². The highest BCUT2D eigenvalue weighted by atomic mass is 35.5. The van der Waals surface area contributed by atoms with Crippen LogP contribution in [0.15, 0.2) is 24.3 Å². The number of ether oxygens (including phenoxy) is 2. The predicted octanol–water partition coefficient (Wildman–Crippen LogP) is 8.98. The van der Waals surface area contributed by atoms with E-state index in [1.807, 2.05) is 24.3 Å². The first-order chi connectivity index (χ1) is 13.7. The molecule has 0 amide bonds. The van der Waals surface area contributed by atoms with Gasteiger partial charge in [0.2, 0.25) is 0 Å². The lowest BCUT2D eigenvalue weighted by Crippen LogP contribution is -2.19. The summed E-state index contributed by atoms with van der Waals surface area (Å²) in [6, 6.07) is 7.56. The molecule has 6 heteroatoms. The molecular weight excluding hydrogens is 450 g/mol. The molecule has 2 rings (SSSR count). The first kappa shape index (κ1) is 24.5. The zero-order valence-corrected chi connectivity index (χ0v) is 20.4. The summed E-state index contributed by atoms with van der Waals surface area (Å²) < 4.78 is 11.5. The average Bonchev–Trinajstić information content (AvgIpc) is 2.65. The van der Waals surface area contributed by atoms with Crippen LogP contribution in [0.2, 0.25) is 20.1 Å². The van der Waals surface area contributed by atoms with Crippen LogP contribution in [0.3, 0.4) is 0 Å². The highest BCUT2D eigenvalue weighted by Crippen LogP contribution is 2.43. The SMILES string of the molecule is CCCCOc1c(Cl)cc(C(C)(C)c2cc(Cl)c(OCCCC)c(Cl)c2)cc1Cl. The Morgan fingerprint density at radius 3 is 1.24 bits per heavy atom. The first-order valence-electron chi connectivity index (χ1n) is 9.97. The maximum atomic E-state index is 6.48. The molecule has 0 N–H and O–H groups in total. The molecule has 2 nitrogen and oxygen atoms in total. The molecule has 2 aromatic carbocycles. The van der Waals surface area contributed by atoms with Gasteiger partial charge in [0.05, 0.1) is 33.3 Å². The van der Waals surface area contributed by atoms with Crippen molar-refractivity contribution in [2.45, 2.75) is 58.8 Å². The topological polar surface area (TPSA) is 18.5 Å². The quantitative estimate of drug-likeness (QED) is 0.317. The Labute approximate surface area is 194 Å². The largest absolute Gasteiger partial charge is 0.490 e. The summed E-state index contributed by atoms with van der Waals surface area (Å²) >= 11 is 25.9. The van der Waals surface area contributed by atoms with E-state index in [2.05, 4.69) is 27.7 Å². The number of hydrogen-bond acceptors (Lipinski definition) is 2. The first-order valence-corrected chi connectivity index (χ1v) is 11.5. The predicted molar refractivity (Wildman–Crippen MR) is 126 cm³/mol. The molecule has 0 radical (unpaired) electrons. The molecule has 0 saturated carbocycles. The fourth-order valence-electron chi connectivity index (χ4n) is 2.92. The second-order valence-electron chi connectivity index (χ2n) is 7.57. The summed E-state index contributed by atoms with van der Waals surface area (Å²) in [5.74, 6) is 1.05. The number of halogens is 4. The van der Waals surface area contributed by atoms with Crippen molar-refractivity contribution in [3.8, 4) is 11.5 Å². The van der Waals surface area contributed by atoms with Crippen molar-refractivity contribution in [3.05, 3.63) is 55.5 Å². The normalized spacial score (nSPS) is 11.6. The maximum absolute atomic E-state index is 6.48. The van der Waals surface area contributed by atoms with Gasteiger partial charge in [-0.1, -0.05) is 86.9 Å². The van der Waals surface area contributed by atoms with Crippen LogP contribution >= 0.6 is 46.4 Å². The van der Waals surface area contributed by atoms with Crippen molar-refractivity contribution in [2.24, 2.45) is 0 Å². The van der Waals surface area contributed by atoms with Gasteiger partial charge in [0.1, 0.15) is 0 Å². The van der Waals surface area contributed by atoms with E-state index in [4.69, 9.17) is 55.9 Å². The summed E-state index contributed by atoms with van der Waals surface area (Å²) in [7, 11) is 0. The Kier molecular flexibility index (Phi) is 9.28. The van der Waals surface area contributed by atoms with Crippen LogP contribution in [0.1, 0.15) is 64.5 Å². The van der Waals surface area contributed by atoms with Crippen molar-refractivity contribution in [3.63, 3.8) is 0 Å². The fraction of sp³-hybridized carbons (Fsp3) is 0.478. The van der Waals surface area contributed by atoms with Gasteiger partial charge in [-0.05, 0) is 48.2 Å². The molecule has 0 aromatic heterocycles. The van der Waals surface area contributed by atoms with Crippen LogP contribution < -0.4 is 9.47 Å². The number of unbranched alkanes of at least 4 members (excludes halogenated alkanes) is 2. The molecule has 0 aliphatic rings. The number of hydrogen-bond donors (Lipinski definition) is 0. The summed E-state index contributed by atoms with van der Waals surface area (Å²) in [5.41, 5.74) is 1.47. The van der Waals surface area contributed by atoms with Gasteiger partial charge in [0.25, 0.3) is 0 Å². The Balaban J connectivity index is 2.34. The van der Waals surface area contributed by atoms with Gasteiger partial charge in [-0.2, -0.15) is 0 Å². The van der Waals surface area contributed by atoms with E-state index in [1.165, 1.54) is 0 Å². The third kappa shape index (κ3) is 6.10. The summed E-state index contributed by atoms with van der Waals surface area (Å²) in [5, 5.41) is 1.98. The molecule has 160 valence electrons. The Morgan fingerprint density at radius 1 is 0.655 bits per heavy atom. The Hall–Kier alpha value is -0.800. The van der Waals surface area contributed by atoms with Gasteiger partial charge in [-0.3, -0.25) is 0 Å². The lowest BCUT2D eigenvalue weighted by atomic mass is 9.78. The van der Waals surface area contributed by atoms with E-state index < -0.39 is 5.41 Å². The fourth-order valence-corrected chi connectivity index (χ4v) is 4.11. The standard InChI is InChI=1S/C23H28Cl4O2/c1-5-7-9-28-21-17(24)11-15(12-18(21)25)23(3,4)16-13-19(26)22(20(27)14-16)29-10-8-6-2/h11-14H,5-10H2,1-4H3. The van der Waals surface area contributed by atoms with Crippen LogP contribution in [-0.2, 0) is 5.41 Å². The van der Waals surface area contributed by atoms with Crippen molar-refractivity contribution in [1.82, 2.24) is 0 Å². The molecule has 0 saturated heterocycles. The van der Waals surface area contributed by atoms with Crippen LogP contribution in [-0.4, -0.2) is 13.2 Å². The summed E-state index contributed by atoms with van der Waals surface area (Å²) in [4.78, 5) is 0. The van der Waals surface area contributed by atoms with Crippen LogP contribution in [0.4, 0.5) is 0 Å². The van der Waals surface area contributed by atoms with Crippen molar-refractivity contribution >= 4 is 46.4 Å². The van der Waals surface area contributed by atoms with E-state index in [-0.39, 0.29) is 0 Å². The monoisotopic (exact) mass is 476 g/mol. The molecule has 0 unspecified atom stereocenters. The van der Waals surface area contributed by atoms with Crippen molar-refractivity contribution in [2.75, 3.05) is 13.2 Å². The minimum atomic E-state index is -0.426. The zero-order valence-electron chi connectivity index (χ0n) is 17.4. The molecule has 2 aromatic rings. The van der Waals surface area contributed by atoms with E-state index in [9.17, 15) is 0 Å². The third-order valence-electron chi connectivity index (χ3n) is 4.93. The minimum Gasteiger partial charge on any atom is -0.490 e. The Bertz CT molecular complexity index is 720.